The van der Waals surface area contributed by atoms with Crippen molar-refractivity contribution in [2.24, 2.45) is 0 Å². The average Bonchev–Trinajstić information content (AvgIpc) is 2.97. The zero-order chi connectivity index (χ0) is 12.6. The van der Waals surface area contributed by atoms with Crippen molar-refractivity contribution >= 4 is 11.8 Å². The summed E-state index contributed by atoms with van der Waals surface area (Å²) in [5.41, 5.74) is -1.19. The molecule has 1 aliphatic rings. The average molecular weight is 237 g/mol. The number of hydrogen-bond donors (Lipinski definition) is 3. The Morgan fingerprint density at radius 1 is 1.59 bits per heavy atom. The lowest BCUT2D eigenvalue weighted by Crippen LogP contribution is -2.32. The monoisotopic (exact) mass is 237 g/mol. The molecule has 0 spiro atoms. The van der Waals surface area contributed by atoms with Crippen LogP contribution in [0.4, 0.5) is 5.82 Å². The van der Waals surface area contributed by atoms with Crippen molar-refractivity contribution in [3.63, 3.8) is 0 Å². The molecule has 0 saturated heterocycles. The number of hydrogen-bond acceptors (Lipinski definition) is 4. The lowest BCUT2D eigenvalue weighted by Gasteiger charge is -2.14. The van der Waals surface area contributed by atoms with Gasteiger partial charge in [-0.15, -0.1) is 0 Å². The highest BCUT2D eigenvalue weighted by Crippen LogP contribution is 2.38. The van der Waals surface area contributed by atoms with Crippen LogP contribution in [0.5, 0.6) is 0 Å². The van der Waals surface area contributed by atoms with E-state index in [1.54, 1.807) is 0 Å². The Bertz CT molecular complexity index is 503. The maximum Gasteiger partial charge on any atom is 0.329 e. The minimum atomic E-state index is -0.922. The van der Waals surface area contributed by atoms with E-state index in [0.717, 1.165) is 0 Å². The molecule has 0 aliphatic heterocycles. The summed E-state index contributed by atoms with van der Waals surface area (Å²) in [6.45, 7) is 3.82. The molecule has 0 aromatic carbocycles. The molecule has 1 heterocycles. The fourth-order valence-corrected chi connectivity index (χ4v) is 1.58. The van der Waals surface area contributed by atoms with Crippen molar-refractivity contribution in [1.82, 2.24) is 9.97 Å². The Morgan fingerprint density at radius 2 is 2.24 bits per heavy atom. The molecule has 0 radical (unpaired) electrons. The van der Waals surface area contributed by atoms with E-state index in [2.05, 4.69) is 15.3 Å². The molecule has 1 aromatic heterocycles. The highest BCUT2D eigenvalue weighted by Gasteiger charge is 2.50. The van der Waals surface area contributed by atoms with E-state index in [1.165, 1.54) is 6.07 Å². The fourth-order valence-electron chi connectivity index (χ4n) is 1.58. The topological polar surface area (TPSA) is 95.1 Å². The molecule has 6 heteroatoms. The maximum atomic E-state index is 11.4. The van der Waals surface area contributed by atoms with E-state index in [0.29, 0.717) is 24.5 Å². The van der Waals surface area contributed by atoms with Gasteiger partial charge in [0.25, 0.3) is 5.56 Å². The van der Waals surface area contributed by atoms with Crippen molar-refractivity contribution in [2.75, 3.05) is 5.32 Å². The zero-order valence-electron chi connectivity index (χ0n) is 9.78. The van der Waals surface area contributed by atoms with Gasteiger partial charge in [-0.25, -0.2) is 9.78 Å². The smallest absolute Gasteiger partial charge is 0.329 e. The summed E-state index contributed by atoms with van der Waals surface area (Å²) in [7, 11) is 0. The number of anilines is 1. The van der Waals surface area contributed by atoms with Gasteiger partial charge < -0.3 is 15.4 Å². The molecule has 0 atom stereocenters. The van der Waals surface area contributed by atoms with E-state index in [-0.39, 0.29) is 11.5 Å². The number of nitrogens with zero attached hydrogens (tertiary/aromatic N) is 1. The van der Waals surface area contributed by atoms with Crippen LogP contribution in [0.25, 0.3) is 0 Å². The van der Waals surface area contributed by atoms with Crippen LogP contribution in [-0.2, 0) is 4.79 Å². The normalized spacial score (nSPS) is 16.9. The molecule has 0 unspecified atom stereocenters. The van der Waals surface area contributed by atoms with Gasteiger partial charge in [-0.05, 0) is 12.8 Å². The number of rotatable bonds is 4. The number of aromatic amines is 1. The molecule has 1 saturated carbocycles. The molecule has 1 aromatic rings. The molecule has 0 amide bonds. The van der Waals surface area contributed by atoms with Crippen LogP contribution in [0, 0.1) is 0 Å². The SMILES string of the molecule is CC(C)c1nc(NC2(C(=O)O)CC2)cc(=O)[nH]1. The van der Waals surface area contributed by atoms with Gasteiger partial charge in [0.2, 0.25) is 0 Å². The summed E-state index contributed by atoms with van der Waals surface area (Å²) in [6, 6.07) is 1.29. The van der Waals surface area contributed by atoms with Crippen molar-refractivity contribution in [3.8, 4) is 0 Å². The van der Waals surface area contributed by atoms with Crippen LogP contribution < -0.4 is 10.9 Å². The Hall–Kier alpha value is -1.85. The number of carbonyl (C=O) groups is 1. The quantitative estimate of drug-likeness (QED) is 0.723. The molecule has 2 rings (SSSR count). The van der Waals surface area contributed by atoms with Gasteiger partial charge in [0.05, 0.1) is 0 Å². The zero-order valence-corrected chi connectivity index (χ0v) is 9.78. The van der Waals surface area contributed by atoms with Crippen LogP contribution in [0.3, 0.4) is 0 Å². The largest absolute Gasteiger partial charge is 0.480 e. The Morgan fingerprint density at radius 3 is 2.71 bits per heavy atom. The Kier molecular flexibility index (Phi) is 2.65. The number of nitrogens with one attached hydrogen (secondary N) is 2. The van der Waals surface area contributed by atoms with E-state index in [4.69, 9.17) is 5.11 Å². The van der Waals surface area contributed by atoms with Crippen molar-refractivity contribution < 1.29 is 9.90 Å². The minimum absolute atomic E-state index is 0.0874. The first-order valence-corrected chi connectivity index (χ1v) is 5.56. The van der Waals surface area contributed by atoms with Crippen LogP contribution in [0.1, 0.15) is 38.4 Å². The van der Waals surface area contributed by atoms with Gasteiger partial charge in [0.15, 0.2) is 0 Å². The number of carboxylic acids is 1. The van der Waals surface area contributed by atoms with Gasteiger partial charge in [-0.1, -0.05) is 13.8 Å². The molecule has 17 heavy (non-hydrogen) atoms. The summed E-state index contributed by atoms with van der Waals surface area (Å²) in [4.78, 5) is 29.3. The highest BCUT2D eigenvalue weighted by atomic mass is 16.4. The first kappa shape index (κ1) is 11.6. The van der Waals surface area contributed by atoms with Crippen molar-refractivity contribution in [2.45, 2.75) is 38.1 Å². The van der Waals surface area contributed by atoms with E-state index >= 15 is 0 Å². The summed E-state index contributed by atoms with van der Waals surface area (Å²) >= 11 is 0. The Labute approximate surface area is 98.1 Å². The molecule has 0 bridgehead atoms. The lowest BCUT2D eigenvalue weighted by atomic mass is 10.2. The summed E-state index contributed by atoms with van der Waals surface area (Å²) in [6.07, 6.45) is 1.13. The van der Waals surface area contributed by atoms with Crippen LogP contribution >= 0.6 is 0 Å². The third kappa shape index (κ3) is 2.30. The van der Waals surface area contributed by atoms with Gasteiger partial charge in [0.1, 0.15) is 17.2 Å². The van der Waals surface area contributed by atoms with E-state index < -0.39 is 11.5 Å². The number of aliphatic carboxylic acids is 1. The minimum Gasteiger partial charge on any atom is -0.480 e. The molecule has 1 fully saturated rings. The molecular weight excluding hydrogens is 222 g/mol. The second kappa shape index (κ2) is 3.87. The van der Waals surface area contributed by atoms with Crippen LogP contribution in [0.15, 0.2) is 10.9 Å². The second-order valence-corrected chi connectivity index (χ2v) is 4.68. The van der Waals surface area contributed by atoms with Gasteiger partial charge in [-0.3, -0.25) is 4.79 Å². The maximum absolute atomic E-state index is 11.4. The van der Waals surface area contributed by atoms with Crippen molar-refractivity contribution in [3.05, 3.63) is 22.2 Å². The predicted molar refractivity (Wildman–Crippen MR) is 62.2 cm³/mol. The first-order valence-electron chi connectivity index (χ1n) is 5.56. The molecule has 6 nitrogen and oxygen atoms in total. The standard InChI is InChI=1S/C11H15N3O3/c1-6(2)9-12-7(5-8(15)13-9)14-11(3-4-11)10(16)17/h5-6H,3-4H2,1-2H3,(H,16,17)(H2,12,13,14,15). The predicted octanol–water partition coefficient (Wildman–Crippen LogP) is 0.922. The van der Waals surface area contributed by atoms with Crippen LogP contribution in [-0.4, -0.2) is 26.6 Å². The third-order valence-electron chi connectivity index (χ3n) is 2.83. The first-order chi connectivity index (χ1) is 7.93. The van der Waals surface area contributed by atoms with Crippen molar-refractivity contribution in [1.29, 1.82) is 0 Å². The lowest BCUT2D eigenvalue weighted by molar-refractivity contribution is -0.138. The molecule has 1 aliphatic carbocycles. The van der Waals surface area contributed by atoms with Gasteiger partial charge in [-0.2, -0.15) is 0 Å². The van der Waals surface area contributed by atoms with E-state index in [1.807, 2.05) is 13.8 Å². The number of carboxylic acid groups (broad SMARTS) is 1. The molecule has 3 N–H and O–H groups in total. The Balaban J connectivity index is 2.28. The van der Waals surface area contributed by atoms with Gasteiger partial charge >= 0.3 is 5.97 Å². The second-order valence-electron chi connectivity index (χ2n) is 4.68. The number of aromatic nitrogens is 2. The van der Waals surface area contributed by atoms with Crippen LogP contribution in [0.2, 0.25) is 0 Å². The van der Waals surface area contributed by atoms with Gasteiger partial charge in [0, 0.05) is 12.0 Å². The fraction of sp³-hybridized carbons (Fsp3) is 0.545. The molecule has 92 valence electrons. The van der Waals surface area contributed by atoms with E-state index in [9.17, 15) is 9.59 Å². The summed E-state index contributed by atoms with van der Waals surface area (Å²) < 4.78 is 0. The highest BCUT2D eigenvalue weighted by molar-refractivity contribution is 5.85. The molecular formula is C11H15N3O3. The summed E-state index contributed by atoms with van der Waals surface area (Å²) in [5.74, 6) is 0.0775. The number of H-pyrrole nitrogens is 1. The summed E-state index contributed by atoms with van der Waals surface area (Å²) in [5, 5.41) is 11.9. The third-order valence-corrected chi connectivity index (χ3v) is 2.83.